The van der Waals surface area contributed by atoms with Crippen molar-refractivity contribution >= 4 is 18.3 Å². The van der Waals surface area contributed by atoms with Crippen LogP contribution < -0.4 is 5.73 Å². The van der Waals surface area contributed by atoms with Crippen molar-refractivity contribution in [3.8, 4) is 0 Å². The van der Waals surface area contributed by atoms with Crippen molar-refractivity contribution < 1.29 is 9.32 Å². The Kier molecular flexibility index (Phi) is 7.78. The number of benzene rings is 1. The third-order valence-electron chi connectivity index (χ3n) is 3.71. The van der Waals surface area contributed by atoms with Gasteiger partial charge in [0, 0.05) is 18.7 Å². The van der Waals surface area contributed by atoms with Gasteiger partial charge in [0.25, 0.3) is 0 Å². The van der Waals surface area contributed by atoms with E-state index in [9.17, 15) is 4.79 Å². The number of hydrogen-bond acceptors (Lipinski definition) is 4. The van der Waals surface area contributed by atoms with E-state index in [1.54, 1.807) is 0 Å². The first-order valence-corrected chi connectivity index (χ1v) is 7.55. The van der Waals surface area contributed by atoms with Crippen molar-refractivity contribution in [3.05, 3.63) is 52.9 Å². The Balaban J connectivity index is 0.00000264. The molecular formula is C17H24ClN3O2. The molecule has 23 heavy (non-hydrogen) atoms. The molecule has 6 heteroatoms. The fourth-order valence-corrected chi connectivity index (χ4v) is 2.40. The van der Waals surface area contributed by atoms with Crippen LogP contribution in [0, 0.1) is 13.8 Å². The zero-order chi connectivity index (χ0) is 15.9. The van der Waals surface area contributed by atoms with Crippen molar-refractivity contribution in [1.29, 1.82) is 0 Å². The lowest BCUT2D eigenvalue weighted by Crippen LogP contribution is -2.33. The largest absolute Gasteiger partial charge is 0.361 e. The number of amides is 1. The molecule has 0 aliphatic rings. The summed E-state index contributed by atoms with van der Waals surface area (Å²) in [5.74, 6) is 0.788. The van der Waals surface area contributed by atoms with Gasteiger partial charge in [0.2, 0.25) is 5.91 Å². The van der Waals surface area contributed by atoms with Crippen LogP contribution in [0.25, 0.3) is 0 Å². The minimum absolute atomic E-state index is 0. The number of nitrogens with two attached hydrogens (primary N) is 1. The smallest absolute Gasteiger partial charge is 0.227 e. The van der Waals surface area contributed by atoms with Crippen LogP contribution in [0.1, 0.15) is 29.0 Å². The number of rotatable bonds is 7. The summed E-state index contributed by atoms with van der Waals surface area (Å²) in [4.78, 5) is 14.5. The highest BCUT2D eigenvalue weighted by Crippen LogP contribution is 2.15. The summed E-state index contributed by atoms with van der Waals surface area (Å²) in [7, 11) is 0. The predicted molar refractivity (Wildman–Crippen MR) is 92.5 cm³/mol. The lowest BCUT2D eigenvalue weighted by atomic mass is 10.1. The number of carbonyl (C=O) groups is 1. The maximum absolute atomic E-state index is 12.6. The average molecular weight is 338 g/mol. The SMILES string of the molecule is Cc1noc(C)c1CC(=O)N(CCCN)Cc1ccccc1.Cl. The molecule has 0 atom stereocenters. The molecule has 1 aromatic heterocycles. The van der Waals surface area contributed by atoms with Crippen LogP contribution in [0.4, 0.5) is 0 Å². The van der Waals surface area contributed by atoms with Gasteiger partial charge in [-0.2, -0.15) is 0 Å². The van der Waals surface area contributed by atoms with Crippen molar-refractivity contribution in [2.24, 2.45) is 5.73 Å². The van der Waals surface area contributed by atoms with Gasteiger partial charge in [0.15, 0.2) is 0 Å². The van der Waals surface area contributed by atoms with Crippen LogP contribution in [0.3, 0.4) is 0 Å². The molecule has 1 aromatic carbocycles. The van der Waals surface area contributed by atoms with Crippen molar-refractivity contribution in [2.75, 3.05) is 13.1 Å². The van der Waals surface area contributed by atoms with E-state index in [0.29, 0.717) is 31.8 Å². The molecule has 0 radical (unpaired) electrons. The van der Waals surface area contributed by atoms with E-state index >= 15 is 0 Å². The molecule has 2 rings (SSSR count). The first-order valence-electron chi connectivity index (χ1n) is 7.55. The molecule has 0 spiro atoms. The molecule has 1 heterocycles. The Hall–Kier alpha value is -1.85. The van der Waals surface area contributed by atoms with Crippen LogP contribution in [0.15, 0.2) is 34.9 Å². The Morgan fingerprint density at radius 2 is 1.96 bits per heavy atom. The highest BCUT2D eigenvalue weighted by molar-refractivity contribution is 5.85. The quantitative estimate of drug-likeness (QED) is 0.843. The van der Waals surface area contributed by atoms with Crippen LogP contribution in [0.2, 0.25) is 0 Å². The normalized spacial score (nSPS) is 10.2. The van der Waals surface area contributed by atoms with E-state index in [1.165, 1.54) is 0 Å². The highest BCUT2D eigenvalue weighted by Gasteiger charge is 2.18. The Labute approximate surface area is 143 Å². The summed E-state index contributed by atoms with van der Waals surface area (Å²) in [6.07, 6.45) is 1.11. The van der Waals surface area contributed by atoms with E-state index in [1.807, 2.05) is 49.1 Å². The monoisotopic (exact) mass is 337 g/mol. The summed E-state index contributed by atoms with van der Waals surface area (Å²) in [6, 6.07) is 9.99. The van der Waals surface area contributed by atoms with Gasteiger partial charge in [0.05, 0.1) is 12.1 Å². The van der Waals surface area contributed by atoms with E-state index in [0.717, 1.165) is 23.2 Å². The topological polar surface area (TPSA) is 72.4 Å². The van der Waals surface area contributed by atoms with Crippen LogP contribution in [-0.2, 0) is 17.8 Å². The van der Waals surface area contributed by atoms with Crippen LogP contribution >= 0.6 is 12.4 Å². The van der Waals surface area contributed by atoms with Gasteiger partial charge in [-0.05, 0) is 32.4 Å². The standard InChI is InChI=1S/C17H23N3O2.ClH/c1-13-16(14(2)22-19-13)11-17(21)20(10-6-9-18)12-15-7-4-3-5-8-15;/h3-5,7-8H,6,9-12,18H2,1-2H3;1H. The number of aromatic nitrogens is 1. The van der Waals surface area contributed by atoms with Crippen molar-refractivity contribution in [3.63, 3.8) is 0 Å². The number of nitrogens with zero attached hydrogens (tertiary/aromatic N) is 2. The average Bonchev–Trinajstić information content (AvgIpc) is 2.84. The highest BCUT2D eigenvalue weighted by atomic mass is 35.5. The van der Waals surface area contributed by atoms with Crippen LogP contribution in [0.5, 0.6) is 0 Å². The molecular weight excluding hydrogens is 314 g/mol. The molecule has 2 N–H and O–H groups in total. The van der Waals surface area contributed by atoms with Gasteiger partial charge in [-0.15, -0.1) is 12.4 Å². The number of aryl methyl sites for hydroxylation is 2. The summed E-state index contributed by atoms with van der Waals surface area (Å²) < 4.78 is 5.13. The number of carbonyl (C=O) groups excluding carboxylic acids is 1. The molecule has 126 valence electrons. The minimum atomic E-state index is 0. The second kappa shape index (κ2) is 9.33. The van der Waals surface area contributed by atoms with Crippen molar-refractivity contribution in [2.45, 2.75) is 33.2 Å². The summed E-state index contributed by atoms with van der Waals surface area (Å²) in [6.45, 7) is 5.53. The first kappa shape index (κ1) is 19.2. The van der Waals surface area contributed by atoms with Gasteiger partial charge in [-0.3, -0.25) is 4.79 Å². The zero-order valence-electron chi connectivity index (χ0n) is 13.6. The molecule has 0 aliphatic carbocycles. The zero-order valence-corrected chi connectivity index (χ0v) is 14.4. The minimum Gasteiger partial charge on any atom is -0.361 e. The fraction of sp³-hybridized carbons (Fsp3) is 0.412. The maximum atomic E-state index is 12.6. The Morgan fingerprint density at radius 1 is 1.26 bits per heavy atom. The van der Waals surface area contributed by atoms with Crippen LogP contribution in [-0.4, -0.2) is 29.1 Å². The summed E-state index contributed by atoms with van der Waals surface area (Å²) >= 11 is 0. The molecule has 0 aliphatic heterocycles. The van der Waals surface area contributed by atoms with Gasteiger partial charge < -0.3 is 15.2 Å². The molecule has 2 aromatic rings. The molecule has 0 bridgehead atoms. The third-order valence-corrected chi connectivity index (χ3v) is 3.71. The van der Waals surface area contributed by atoms with E-state index in [4.69, 9.17) is 10.3 Å². The summed E-state index contributed by atoms with van der Waals surface area (Å²) in [5, 5.41) is 3.91. The number of halogens is 1. The number of hydrogen-bond donors (Lipinski definition) is 1. The second-order valence-corrected chi connectivity index (χ2v) is 5.42. The molecule has 0 saturated carbocycles. The first-order chi connectivity index (χ1) is 10.6. The second-order valence-electron chi connectivity index (χ2n) is 5.42. The third kappa shape index (κ3) is 5.37. The van der Waals surface area contributed by atoms with E-state index < -0.39 is 0 Å². The van der Waals surface area contributed by atoms with Gasteiger partial charge in [0.1, 0.15) is 5.76 Å². The van der Waals surface area contributed by atoms with E-state index in [2.05, 4.69) is 5.16 Å². The molecule has 5 nitrogen and oxygen atoms in total. The molecule has 0 saturated heterocycles. The molecule has 0 fully saturated rings. The van der Waals surface area contributed by atoms with Crippen molar-refractivity contribution in [1.82, 2.24) is 10.1 Å². The lowest BCUT2D eigenvalue weighted by Gasteiger charge is -2.22. The van der Waals surface area contributed by atoms with Gasteiger partial charge in [-0.1, -0.05) is 35.5 Å². The van der Waals surface area contributed by atoms with Gasteiger partial charge >= 0.3 is 0 Å². The van der Waals surface area contributed by atoms with E-state index in [-0.39, 0.29) is 18.3 Å². The predicted octanol–water partition coefficient (Wildman–Crippen LogP) is 2.63. The Bertz CT molecular complexity index is 594. The fourth-order valence-electron chi connectivity index (χ4n) is 2.40. The Morgan fingerprint density at radius 3 is 2.52 bits per heavy atom. The summed E-state index contributed by atoms with van der Waals surface area (Å²) in [5.41, 5.74) is 8.38. The molecule has 0 unspecified atom stereocenters. The lowest BCUT2D eigenvalue weighted by molar-refractivity contribution is -0.131. The maximum Gasteiger partial charge on any atom is 0.227 e. The van der Waals surface area contributed by atoms with Gasteiger partial charge in [-0.25, -0.2) is 0 Å². The molecule has 1 amide bonds.